The number of pyridine rings is 1. The van der Waals surface area contributed by atoms with E-state index in [4.69, 9.17) is 5.73 Å². The third-order valence-corrected chi connectivity index (χ3v) is 2.78. The van der Waals surface area contributed by atoms with Crippen LogP contribution in [0.15, 0.2) is 22.2 Å². The highest BCUT2D eigenvalue weighted by molar-refractivity contribution is 9.11. The Morgan fingerprint density at radius 3 is 2.69 bits per heavy atom. The van der Waals surface area contributed by atoms with Crippen molar-refractivity contribution in [1.29, 1.82) is 0 Å². The molecule has 13 heavy (non-hydrogen) atoms. The Hall–Kier alpha value is -1.01. The molecular formula is C7H5BrN4S. The van der Waals surface area contributed by atoms with Gasteiger partial charge >= 0.3 is 0 Å². The number of anilines is 1. The van der Waals surface area contributed by atoms with Gasteiger partial charge in [0.15, 0.2) is 8.92 Å². The number of nitrogen functional groups attached to an aromatic ring is 1. The van der Waals surface area contributed by atoms with Gasteiger partial charge in [-0.05, 0) is 28.1 Å². The monoisotopic (exact) mass is 256 g/mol. The van der Waals surface area contributed by atoms with Crippen LogP contribution in [0.25, 0.3) is 10.7 Å². The van der Waals surface area contributed by atoms with E-state index in [1.54, 1.807) is 12.3 Å². The maximum absolute atomic E-state index is 5.51. The smallest absolute Gasteiger partial charge is 0.183 e. The summed E-state index contributed by atoms with van der Waals surface area (Å²) in [6.45, 7) is 0. The van der Waals surface area contributed by atoms with Crippen molar-refractivity contribution in [3.63, 3.8) is 0 Å². The molecule has 0 saturated heterocycles. The maximum atomic E-state index is 5.51. The van der Waals surface area contributed by atoms with Crippen molar-refractivity contribution in [2.75, 3.05) is 5.73 Å². The Morgan fingerprint density at radius 1 is 1.31 bits per heavy atom. The van der Waals surface area contributed by atoms with Crippen molar-refractivity contribution >= 4 is 33.0 Å². The van der Waals surface area contributed by atoms with Crippen LogP contribution in [-0.2, 0) is 0 Å². The number of nitrogens with two attached hydrogens (primary N) is 1. The summed E-state index contributed by atoms with van der Waals surface area (Å²) in [7, 11) is 0. The molecule has 2 N–H and O–H groups in total. The average molecular weight is 257 g/mol. The van der Waals surface area contributed by atoms with Gasteiger partial charge in [-0.25, -0.2) is 0 Å². The molecule has 0 atom stereocenters. The number of rotatable bonds is 1. The molecule has 0 unspecified atom stereocenters. The second kappa shape index (κ2) is 3.39. The van der Waals surface area contributed by atoms with Crippen molar-refractivity contribution in [3.05, 3.63) is 22.2 Å². The lowest BCUT2D eigenvalue weighted by Crippen LogP contribution is -1.87. The average Bonchev–Trinajstić information content (AvgIpc) is 2.53. The second-order valence-corrected chi connectivity index (χ2v) is 4.59. The molecule has 0 fully saturated rings. The van der Waals surface area contributed by atoms with Gasteiger partial charge in [-0.15, -0.1) is 10.2 Å². The fraction of sp³-hybridized carbons (Fsp3) is 0. The Labute approximate surface area is 87.0 Å². The summed E-state index contributed by atoms with van der Waals surface area (Å²) in [4.78, 5) is 4.12. The first kappa shape index (κ1) is 8.58. The minimum Gasteiger partial charge on any atom is -0.397 e. The molecule has 2 heterocycles. The lowest BCUT2D eigenvalue weighted by molar-refractivity contribution is 1.07. The van der Waals surface area contributed by atoms with E-state index in [9.17, 15) is 0 Å². The zero-order valence-corrected chi connectivity index (χ0v) is 8.84. The largest absolute Gasteiger partial charge is 0.397 e. The highest BCUT2D eigenvalue weighted by Crippen LogP contribution is 2.24. The molecule has 0 radical (unpaired) electrons. The van der Waals surface area contributed by atoms with Gasteiger partial charge in [0.2, 0.25) is 0 Å². The topological polar surface area (TPSA) is 64.7 Å². The van der Waals surface area contributed by atoms with Crippen LogP contribution in [0.4, 0.5) is 5.69 Å². The Bertz CT molecular complexity index is 411. The van der Waals surface area contributed by atoms with Crippen molar-refractivity contribution in [1.82, 2.24) is 15.2 Å². The first-order valence-corrected chi connectivity index (χ1v) is 5.07. The molecule has 2 aromatic rings. The highest BCUT2D eigenvalue weighted by atomic mass is 79.9. The molecule has 0 spiro atoms. The van der Waals surface area contributed by atoms with E-state index in [1.807, 2.05) is 6.07 Å². The van der Waals surface area contributed by atoms with Gasteiger partial charge in [0, 0.05) is 0 Å². The third kappa shape index (κ3) is 1.84. The summed E-state index contributed by atoms with van der Waals surface area (Å²) in [6, 6.07) is 3.61. The van der Waals surface area contributed by atoms with Crippen LogP contribution in [0.5, 0.6) is 0 Å². The quantitative estimate of drug-likeness (QED) is 0.847. The summed E-state index contributed by atoms with van der Waals surface area (Å²) in [5, 5.41) is 8.55. The molecule has 66 valence electrons. The van der Waals surface area contributed by atoms with Crippen LogP contribution in [0.2, 0.25) is 0 Å². The maximum Gasteiger partial charge on any atom is 0.183 e. The molecule has 0 bridgehead atoms. The van der Waals surface area contributed by atoms with Gasteiger partial charge in [-0.3, -0.25) is 4.98 Å². The highest BCUT2D eigenvalue weighted by Gasteiger charge is 2.04. The van der Waals surface area contributed by atoms with Crippen LogP contribution >= 0.6 is 27.3 Å². The molecule has 0 aliphatic heterocycles. The number of aromatic nitrogens is 3. The van der Waals surface area contributed by atoms with Crippen LogP contribution in [0.1, 0.15) is 0 Å². The van der Waals surface area contributed by atoms with E-state index < -0.39 is 0 Å². The number of halogens is 1. The van der Waals surface area contributed by atoms with E-state index in [0.29, 0.717) is 5.69 Å². The first-order chi connectivity index (χ1) is 6.25. The Balaban J connectivity index is 2.41. The minimum absolute atomic E-state index is 0.646. The predicted molar refractivity (Wildman–Crippen MR) is 55.3 cm³/mol. The molecule has 0 amide bonds. The van der Waals surface area contributed by atoms with E-state index in [-0.39, 0.29) is 0 Å². The molecule has 6 heteroatoms. The fourth-order valence-electron chi connectivity index (χ4n) is 0.841. The van der Waals surface area contributed by atoms with E-state index in [0.717, 1.165) is 14.6 Å². The Morgan fingerprint density at radius 2 is 2.15 bits per heavy atom. The number of hydrogen-bond acceptors (Lipinski definition) is 5. The van der Waals surface area contributed by atoms with Crippen LogP contribution in [0, 0.1) is 0 Å². The molecule has 2 rings (SSSR count). The lowest BCUT2D eigenvalue weighted by atomic mass is 10.3. The van der Waals surface area contributed by atoms with Gasteiger partial charge < -0.3 is 5.73 Å². The summed E-state index contributed by atoms with van der Waals surface area (Å²) in [5.41, 5.74) is 6.94. The van der Waals surface area contributed by atoms with Crippen molar-refractivity contribution in [2.24, 2.45) is 0 Å². The second-order valence-electron chi connectivity index (χ2n) is 2.34. The molecule has 4 nitrogen and oxygen atoms in total. The Kier molecular flexibility index (Phi) is 2.24. The normalized spacial score (nSPS) is 10.2. The van der Waals surface area contributed by atoms with Gasteiger partial charge in [0.25, 0.3) is 0 Å². The molecule has 0 aliphatic carbocycles. The zero-order valence-electron chi connectivity index (χ0n) is 6.44. The molecule has 2 aromatic heterocycles. The summed E-state index contributed by atoms with van der Waals surface area (Å²) < 4.78 is 0.751. The van der Waals surface area contributed by atoms with Gasteiger partial charge in [-0.2, -0.15) is 0 Å². The summed E-state index contributed by atoms with van der Waals surface area (Å²) in [5.74, 6) is 0. The SMILES string of the molecule is Nc1ccc(-c2nnc(Br)s2)nc1. The van der Waals surface area contributed by atoms with Crippen LogP contribution in [-0.4, -0.2) is 15.2 Å². The van der Waals surface area contributed by atoms with E-state index in [2.05, 4.69) is 31.1 Å². The van der Waals surface area contributed by atoms with Gasteiger partial charge in [0.1, 0.15) is 5.69 Å². The lowest BCUT2D eigenvalue weighted by Gasteiger charge is -1.93. The molecule has 0 saturated carbocycles. The number of hydrogen-bond donors (Lipinski definition) is 1. The summed E-state index contributed by atoms with van der Waals surface area (Å²) >= 11 is 4.67. The third-order valence-electron chi connectivity index (χ3n) is 1.41. The summed E-state index contributed by atoms with van der Waals surface area (Å²) in [6.07, 6.45) is 1.60. The van der Waals surface area contributed by atoms with Crippen molar-refractivity contribution < 1.29 is 0 Å². The van der Waals surface area contributed by atoms with Crippen LogP contribution in [0.3, 0.4) is 0 Å². The molecular weight excluding hydrogens is 252 g/mol. The van der Waals surface area contributed by atoms with E-state index >= 15 is 0 Å². The predicted octanol–water partition coefficient (Wildman–Crippen LogP) is 1.94. The number of nitrogens with zero attached hydrogens (tertiary/aromatic N) is 3. The zero-order chi connectivity index (χ0) is 9.26. The van der Waals surface area contributed by atoms with Crippen molar-refractivity contribution in [2.45, 2.75) is 0 Å². The van der Waals surface area contributed by atoms with E-state index in [1.165, 1.54) is 11.3 Å². The van der Waals surface area contributed by atoms with Gasteiger partial charge in [0.05, 0.1) is 11.9 Å². The standard InChI is InChI=1S/C7H5BrN4S/c8-7-12-11-6(13-7)5-2-1-4(9)3-10-5/h1-3H,9H2. The molecule has 0 aromatic carbocycles. The first-order valence-electron chi connectivity index (χ1n) is 3.46. The van der Waals surface area contributed by atoms with Crippen LogP contribution < -0.4 is 5.73 Å². The molecule has 0 aliphatic rings. The van der Waals surface area contributed by atoms with Crippen molar-refractivity contribution in [3.8, 4) is 10.7 Å². The minimum atomic E-state index is 0.646. The fourth-order valence-corrected chi connectivity index (χ4v) is 1.93. The van der Waals surface area contributed by atoms with Gasteiger partial charge in [-0.1, -0.05) is 11.3 Å².